The van der Waals surface area contributed by atoms with Crippen LogP contribution >= 0.6 is 15.9 Å². The molecule has 0 heterocycles. The molecule has 4 heteroatoms. The second kappa shape index (κ2) is 6.64. The first-order chi connectivity index (χ1) is 8.06. The van der Waals surface area contributed by atoms with E-state index in [2.05, 4.69) is 40.4 Å². The topological polar surface area (TPSA) is 41.1 Å². The molecule has 0 unspecified atom stereocenters. The molecular formula is C13H19BrN2O. The fourth-order valence-corrected chi connectivity index (χ4v) is 2.15. The molecule has 0 fully saturated rings. The third-order valence-corrected chi connectivity index (χ3v) is 3.35. The zero-order valence-electron chi connectivity index (χ0n) is 10.5. The number of rotatable bonds is 4. The van der Waals surface area contributed by atoms with E-state index in [1.54, 1.807) is 0 Å². The lowest BCUT2D eigenvalue weighted by Gasteiger charge is -2.16. The van der Waals surface area contributed by atoms with Crippen molar-refractivity contribution in [1.82, 2.24) is 5.32 Å². The van der Waals surface area contributed by atoms with E-state index in [1.807, 2.05) is 25.1 Å². The van der Waals surface area contributed by atoms with Gasteiger partial charge in [-0.3, -0.25) is 0 Å². The van der Waals surface area contributed by atoms with Gasteiger partial charge in [0, 0.05) is 10.5 Å². The van der Waals surface area contributed by atoms with Crippen LogP contribution in [-0.4, -0.2) is 12.1 Å². The molecule has 0 saturated carbocycles. The molecule has 3 nitrogen and oxygen atoms in total. The second-order valence-corrected chi connectivity index (χ2v) is 4.95. The fourth-order valence-electron chi connectivity index (χ4n) is 1.56. The van der Waals surface area contributed by atoms with Crippen molar-refractivity contribution in [2.24, 2.45) is 0 Å². The van der Waals surface area contributed by atoms with Crippen LogP contribution in [0.1, 0.15) is 32.3 Å². The minimum Gasteiger partial charge on any atom is -0.335 e. The van der Waals surface area contributed by atoms with Crippen molar-refractivity contribution < 1.29 is 4.79 Å². The molecule has 1 aromatic carbocycles. The van der Waals surface area contributed by atoms with E-state index >= 15 is 0 Å². The Labute approximate surface area is 111 Å². The van der Waals surface area contributed by atoms with E-state index in [-0.39, 0.29) is 12.1 Å². The van der Waals surface area contributed by atoms with Gasteiger partial charge in [0.05, 0.1) is 5.69 Å². The monoisotopic (exact) mass is 298 g/mol. The summed E-state index contributed by atoms with van der Waals surface area (Å²) >= 11 is 3.43. The number of anilines is 1. The Kier molecular flexibility index (Phi) is 5.48. The zero-order chi connectivity index (χ0) is 12.8. The van der Waals surface area contributed by atoms with Crippen molar-refractivity contribution in [1.29, 1.82) is 0 Å². The van der Waals surface area contributed by atoms with Gasteiger partial charge in [0.15, 0.2) is 0 Å². The molecule has 1 aromatic rings. The Morgan fingerprint density at radius 1 is 1.35 bits per heavy atom. The molecule has 0 spiro atoms. The number of carbonyl (C=O) groups is 1. The first-order valence-corrected chi connectivity index (χ1v) is 6.69. The molecule has 94 valence electrons. The van der Waals surface area contributed by atoms with E-state index < -0.39 is 0 Å². The highest BCUT2D eigenvalue weighted by Gasteiger charge is 2.09. The molecule has 2 amide bonds. The highest BCUT2D eigenvalue weighted by atomic mass is 79.9. The van der Waals surface area contributed by atoms with E-state index in [0.717, 1.165) is 28.6 Å². The molecule has 17 heavy (non-hydrogen) atoms. The van der Waals surface area contributed by atoms with Gasteiger partial charge in [-0.15, -0.1) is 0 Å². The fraction of sp³-hybridized carbons (Fsp3) is 0.462. The average molecular weight is 299 g/mol. The average Bonchev–Trinajstić information content (AvgIpc) is 2.29. The predicted octanol–water partition coefficient (Wildman–Crippen LogP) is 4.07. The molecule has 1 rings (SSSR count). The van der Waals surface area contributed by atoms with E-state index in [1.165, 1.54) is 0 Å². The molecule has 0 aliphatic heterocycles. The van der Waals surface area contributed by atoms with Crippen LogP contribution in [0, 0.1) is 6.92 Å². The van der Waals surface area contributed by atoms with Gasteiger partial charge in [-0.25, -0.2) is 4.79 Å². The van der Waals surface area contributed by atoms with Crippen LogP contribution in [0.25, 0.3) is 0 Å². The van der Waals surface area contributed by atoms with Crippen LogP contribution in [0.3, 0.4) is 0 Å². The standard InChI is InChI=1S/C13H19BrN2O/c1-4-10(5-2)15-13(17)16-12-7-6-9(3)8-11(12)14/h6-8,10H,4-5H2,1-3H3,(H2,15,16,17). The molecular weight excluding hydrogens is 280 g/mol. The molecule has 0 aliphatic carbocycles. The Hall–Kier alpha value is -1.03. The number of aryl methyl sites for hydroxylation is 1. The van der Waals surface area contributed by atoms with Crippen molar-refractivity contribution in [2.75, 3.05) is 5.32 Å². The Balaban J connectivity index is 2.62. The minimum atomic E-state index is -0.150. The number of amides is 2. The Morgan fingerprint density at radius 2 is 2.00 bits per heavy atom. The summed E-state index contributed by atoms with van der Waals surface area (Å²) in [6, 6.07) is 5.93. The van der Waals surface area contributed by atoms with Crippen LogP contribution in [0.2, 0.25) is 0 Å². The summed E-state index contributed by atoms with van der Waals surface area (Å²) in [7, 11) is 0. The summed E-state index contributed by atoms with van der Waals surface area (Å²) in [5.41, 5.74) is 1.95. The van der Waals surface area contributed by atoms with Crippen molar-refractivity contribution in [2.45, 2.75) is 39.7 Å². The third-order valence-electron chi connectivity index (χ3n) is 2.69. The van der Waals surface area contributed by atoms with Crippen molar-refractivity contribution in [3.05, 3.63) is 28.2 Å². The predicted molar refractivity (Wildman–Crippen MR) is 75.4 cm³/mol. The first kappa shape index (κ1) is 14.0. The highest BCUT2D eigenvalue weighted by Crippen LogP contribution is 2.23. The summed E-state index contributed by atoms with van der Waals surface area (Å²) in [5, 5.41) is 5.78. The molecule has 0 radical (unpaired) electrons. The number of nitrogens with one attached hydrogen (secondary N) is 2. The van der Waals surface area contributed by atoms with Gasteiger partial charge in [-0.2, -0.15) is 0 Å². The summed E-state index contributed by atoms with van der Waals surface area (Å²) < 4.78 is 0.900. The van der Waals surface area contributed by atoms with Crippen molar-refractivity contribution in [3.8, 4) is 0 Å². The summed E-state index contributed by atoms with van der Waals surface area (Å²) in [6.45, 7) is 6.14. The summed E-state index contributed by atoms with van der Waals surface area (Å²) in [6.07, 6.45) is 1.89. The number of hydrogen-bond donors (Lipinski definition) is 2. The van der Waals surface area contributed by atoms with Crippen LogP contribution in [0.15, 0.2) is 22.7 Å². The van der Waals surface area contributed by atoms with Gasteiger partial charge < -0.3 is 10.6 Å². The Morgan fingerprint density at radius 3 is 2.53 bits per heavy atom. The van der Waals surface area contributed by atoms with Gasteiger partial charge in [-0.05, 0) is 53.4 Å². The molecule has 0 saturated heterocycles. The minimum absolute atomic E-state index is 0.150. The highest BCUT2D eigenvalue weighted by molar-refractivity contribution is 9.10. The van der Waals surface area contributed by atoms with Gasteiger partial charge in [-0.1, -0.05) is 19.9 Å². The number of urea groups is 1. The number of hydrogen-bond acceptors (Lipinski definition) is 1. The third kappa shape index (κ3) is 4.38. The maximum Gasteiger partial charge on any atom is 0.319 e. The number of halogens is 1. The molecule has 0 aliphatic rings. The maximum atomic E-state index is 11.7. The van der Waals surface area contributed by atoms with E-state index in [4.69, 9.17) is 0 Å². The maximum absolute atomic E-state index is 11.7. The van der Waals surface area contributed by atoms with Gasteiger partial charge in [0.1, 0.15) is 0 Å². The SMILES string of the molecule is CCC(CC)NC(=O)Nc1ccc(C)cc1Br. The lowest BCUT2D eigenvalue weighted by molar-refractivity contribution is 0.247. The van der Waals surface area contributed by atoms with Gasteiger partial charge in [0.25, 0.3) is 0 Å². The van der Waals surface area contributed by atoms with Crippen molar-refractivity contribution >= 4 is 27.6 Å². The van der Waals surface area contributed by atoms with Crippen LogP contribution in [-0.2, 0) is 0 Å². The van der Waals surface area contributed by atoms with Crippen LogP contribution in [0.5, 0.6) is 0 Å². The van der Waals surface area contributed by atoms with Gasteiger partial charge in [0.2, 0.25) is 0 Å². The normalized spacial score (nSPS) is 10.4. The zero-order valence-corrected chi connectivity index (χ0v) is 12.1. The van der Waals surface area contributed by atoms with Gasteiger partial charge >= 0.3 is 6.03 Å². The largest absolute Gasteiger partial charge is 0.335 e. The lowest BCUT2D eigenvalue weighted by Crippen LogP contribution is -2.37. The number of benzene rings is 1. The molecule has 0 atom stereocenters. The smallest absolute Gasteiger partial charge is 0.319 e. The first-order valence-electron chi connectivity index (χ1n) is 5.90. The summed E-state index contributed by atoms with van der Waals surface area (Å²) in [4.78, 5) is 11.7. The lowest BCUT2D eigenvalue weighted by atomic mass is 10.2. The van der Waals surface area contributed by atoms with Crippen LogP contribution < -0.4 is 10.6 Å². The molecule has 0 bridgehead atoms. The van der Waals surface area contributed by atoms with E-state index in [9.17, 15) is 4.79 Å². The quantitative estimate of drug-likeness (QED) is 0.864. The van der Waals surface area contributed by atoms with Crippen LogP contribution in [0.4, 0.5) is 10.5 Å². The molecule has 2 N–H and O–H groups in total. The summed E-state index contributed by atoms with van der Waals surface area (Å²) in [5.74, 6) is 0. The molecule has 0 aromatic heterocycles. The second-order valence-electron chi connectivity index (χ2n) is 4.10. The number of carbonyl (C=O) groups excluding carboxylic acids is 1. The Bertz CT molecular complexity index is 389. The van der Waals surface area contributed by atoms with Crippen molar-refractivity contribution in [3.63, 3.8) is 0 Å². The van der Waals surface area contributed by atoms with E-state index in [0.29, 0.717) is 0 Å².